The predicted molar refractivity (Wildman–Crippen MR) is 99.9 cm³/mol. The third-order valence-electron chi connectivity index (χ3n) is 4.88. The van der Waals surface area contributed by atoms with Crippen molar-refractivity contribution in [3.8, 4) is 0 Å². The van der Waals surface area contributed by atoms with Crippen molar-refractivity contribution in [3.05, 3.63) is 34.5 Å². The van der Waals surface area contributed by atoms with Crippen LogP contribution in [-0.2, 0) is 20.7 Å². The van der Waals surface area contributed by atoms with Crippen LogP contribution in [0.1, 0.15) is 35.8 Å². The van der Waals surface area contributed by atoms with Gasteiger partial charge in [-0.2, -0.15) is 0 Å². The van der Waals surface area contributed by atoms with Gasteiger partial charge >= 0.3 is 11.9 Å². The average molecular weight is 393 g/mol. The van der Waals surface area contributed by atoms with Crippen LogP contribution in [0.25, 0.3) is 10.9 Å². The fourth-order valence-electron chi connectivity index (χ4n) is 3.47. The van der Waals surface area contributed by atoms with Crippen LogP contribution in [0.2, 0.25) is 5.02 Å². The van der Waals surface area contributed by atoms with Crippen molar-refractivity contribution in [1.29, 1.82) is 0 Å². The van der Waals surface area contributed by atoms with Crippen molar-refractivity contribution in [2.45, 2.75) is 26.2 Å². The number of aromatic nitrogens is 1. The molecule has 0 saturated carbocycles. The Morgan fingerprint density at radius 2 is 2.00 bits per heavy atom. The van der Waals surface area contributed by atoms with Crippen LogP contribution in [0.5, 0.6) is 0 Å². The molecule has 7 nitrogen and oxygen atoms in total. The highest BCUT2D eigenvalue weighted by atomic mass is 35.5. The molecule has 2 heterocycles. The predicted octanol–water partition coefficient (Wildman–Crippen LogP) is 2.86. The molecule has 27 heavy (non-hydrogen) atoms. The van der Waals surface area contributed by atoms with Crippen molar-refractivity contribution in [2.75, 3.05) is 19.7 Å². The normalized spacial score (nSPS) is 15.1. The molecule has 0 aliphatic carbocycles. The summed E-state index contributed by atoms with van der Waals surface area (Å²) in [5.41, 5.74) is 1.06. The number of carboxylic acid groups (broad SMARTS) is 1. The van der Waals surface area contributed by atoms with Crippen LogP contribution >= 0.6 is 11.6 Å². The number of nitrogens with one attached hydrogen (secondary N) is 1. The largest absolute Gasteiger partial charge is 0.477 e. The van der Waals surface area contributed by atoms with Gasteiger partial charge in [-0.15, -0.1) is 0 Å². The van der Waals surface area contributed by atoms with Crippen LogP contribution in [0.4, 0.5) is 0 Å². The summed E-state index contributed by atoms with van der Waals surface area (Å²) in [7, 11) is 0. The van der Waals surface area contributed by atoms with E-state index in [1.54, 1.807) is 30.0 Å². The molecule has 0 bridgehead atoms. The molecule has 1 saturated heterocycles. The van der Waals surface area contributed by atoms with E-state index in [0.29, 0.717) is 54.0 Å². The van der Waals surface area contributed by atoms with Gasteiger partial charge in [-0.25, -0.2) is 4.79 Å². The zero-order valence-corrected chi connectivity index (χ0v) is 15.7. The van der Waals surface area contributed by atoms with Crippen LogP contribution in [0.3, 0.4) is 0 Å². The standard InChI is InChI=1S/C19H21ClN2O5/c1-2-27-19(26)11-5-7-22(8-6-11)16(23)10-14-13-9-12(20)3-4-15(13)21-17(14)18(24)25/h3-4,9,11,21H,2,5-8,10H2,1H3,(H,24,25). The number of esters is 1. The van der Waals surface area contributed by atoms with Gasteiger partial charge in [0, 0.05) is 34.6 Å². The highest BCUT2D eigenvalue weighted by molar-refractivity contribution is 6.31. The summed E-state index contributed by atoms with van der Waals surface area (Å²) >= 11 is 6.04. The molecule has 0 radical (unpaired) electrons. The number of carbonyl (C=O) groups is 3. The van der Waals surface area contributed by atoms with Gasteiger partial charge in [0.15, 0.2) is 0 Å². The number of benzene rings is 1. The number of ether oxygens (including phenoxy) is 1. The summed E-state index contributed by atoms with van der Waals surface area (Å²) < 4.78 is 5.04. The average Bonchev–Trinajstić information content (AvgIpc) is 3.00. The summed E-state index contributed by atoms with van der Waals surface area (Å²) in [4.78, 5) is 40.7. The molecule has 0 spiro atoms. The molecule has 1 amide bonds. The Hall–Kier alpha value is -2.54. The summed E-state index contributed by atoms with van der Waals surface area (Å²) in [5, 5.41) is 10.6. The zero-order valence-electron chi connectivity index (χ0n) is 15.0. The van der Waals surface area contributed by atoms with Gasteiger partial charge in [-0.05, 0) is 38.0 Å². The Kier molecular flexibility index (Phi) is 5.70. The van der Waals surface area contributed by atoms with Gasteiger partial charge in [0.1, 0.15) is 5.69 Å². The molecular weight excluding hydrogens is 372 g/mol. The quantitative estimate of drug-likeness (QED) is 0.762. The number of carbonyl (C=O) groups excluding carboxylic acids is 2. The third-order valence-corrected chi connectivity index (χ3v) is 5.11. The Morgan fingerprint density at radius 1 is 1.30 bits per heavy atom. The van der Waals surface area contributed by atoms with E-state index in [0.717, 1.165) is 0 Å². The highest BCUT2D eigenvalue weighted by Crippen LogP contribution is 2.27. The van der Waals surface area contributed by atoms with Crippen LogP contribution in [0.15, 0.2) is 18.2 Å². The number of hydrogen-bond acceptors (Lipinski definition) is 4. The van der Waals surface area contributed by atoms with Crippen LogP contribution < -0.4 is 0 Å². The van der Waals surface area contributed by atoms with E-state index in [-0.39, 0.29) is 29.9 Å². The molecule has 2 aromatic rings. The third kappa shape index (κ3) is 4.08. The molecule has 1 aromatic carbocycles. The van der Waals surface area contributed by atoms with E-state index in [1.807, 2.05) is 0 Å². The Bertz CT molecular complexity index is 884. The van der Waals surface area contributed by atoms with Crippen LogP contribution in [-0.4, -0.2) is 52.5 Å². The molecule has 1 aromatic heterocycles. The number of amides is 1. The number of likely N-dealkylation sites (tertiary alicyclic amines) is 1. The van der Waals surface area contributed by atoms with Gasteiger partial charge in [-0.3, -0.25) is 9.59 Å². The lowest BCUT2D eigenvalue weighted by atomic mass is 9.96. The van der Waals surface area contributed by atoms with Crippen molar-refractivity contribution >= 4 is 40.3 Å². The minimum atomic E-state index is -1.12. The number of aromatic carboxylic acids is 1. The Balaban J connectivity index is 1.75. The van der Waals surface area contributed by atoms with E-state index in [9.17, 15) is 19.5 Å². The summed E-state index contributed by atoms with van der Waals surface area (Å²) in [6.07, 6.45) is 1.07. The zero-order chi connectivity index (χ0) is 19.6. The maximum absolute atomic E-state index is 12.7. The Labute approximate surface area is 161 Å². The first-order valence-electron chi connectivity index (χ1n) is 8.88. The number of carboxylic acids is 1. The first kappa shape index (κ1) is 19.2. The first-order valence-corrected chi connectivity index (χ1v) is 9.26. The summed E-state index contributed by atoms with van der Waals surface area (Å²) in [6, 6.07) is 5.02. The number of halogens is 1. The number of piperidine rings is 1. The molecule has 8 heteroatoms. The summed E-state index contributed by atoms with van der Waals surface area (Å²) in [6.45, 7) is 3.02. The summed E-state index contributed by atoms with van der Waals surface area (Å²) in [5.74, 6) is -1.69. The maximum Gasteiger partial charge on any atom is 0.352 e. The van der Waals surface area contributed by atoms with Gasteiger partial charge in [0.2, 0.25) is 5.91 Å². The SMILES string of the molecule is CCOC(=O)C1CCN(C(=O)Cc2c(C(=O)O)[nH]c3ccc(Cl)cc23)CC1. The van der Waals surface area contributed by atoms with E-state index in [1.165, 1.54) is 0 Å². The van der Waals surface area contributed by atoms with Gasteiger partial charge in [0.25, 0.3) is 0 Å². The van der Waals surface area contributed by atoms with E-state index < -0.39 is 5.97 Å². The number of H-pyrrole nitrogens is 1. The monoisotopic (exact) mass is 392 g/mol. The van der Waals surface area contributed by atoms with Crippen molar-refractivity contribution in [1.82, 2.24) is 9.88 Å². The second-order valence-corrected chi connectivity index (χ2v) is 6.99. The number of rotatable bonds is 5. The number of aromatic amines is 1. The Morgan fingerprint density at radius 3 is 2.63 bits per heavy atom. The number of nitrogens with zero attached hydrogens (tertiary/aromatic N) is 1. The highest BCUT2D eigenvalue weighted by Gasteiger charge is 2.29. The molecule has 0 atom stereocenters. The molecule has 1 fully saturated rings. The van der Waals surface area contributed by atoms with Gasteiger partial charge < -0.3 is 19.7 Å². The second kappa shape index (κ2) is 8.00. The van der Waals surface area contributed by atoms with E-state index in [4.69, 9.17) is 16.3 Å². The fraction of sp³-hybridized carbons (Fsp3) is 0.421. The molecule has 1 aliphatic rings. The maximum atomic E-state index is 12.7. The molecule has 0 unspecified atom stereocenters. The van der Waals surface area contributed by atoms with E-state index in [2.05, 4.69) is 4.98 Å². The number of hydrogen-bond donors (Lipinski definition) is 2. The second-order valence-electron chi connectivity index (χ2n) is 6.56. The topological polar surface area (TPSA) is 99.7 Å². The van der Waals surface area contributed by atoms with E-state index >= 15 is 0 Å². The molecule has 1 aliphatic heterocycles. The van der Waals surface area contributed by atoms with Crippen molar-refractivity contribution in [3.63, 3.8) is 0 Å². The van der Waals surface area contributed by atoms with Crippen LogP contribution in [0, 0.1) is 5.92 Å². The number of fused-ring (bicyclic) bond motifs is 1. The first-order chi connectivity index (χ1) is 12.9. The molecule has 3 rings (SSSR count). The smallest absolute Gasteiger partial charge is 0.352 e. The van der Waals surface area contributed by atoms with Gasteiger partial charge in [-0.1, -0.05) is 11.6 Å². The lowest BCUT2D eigenvalue weighted by Gasteiger charge is -2.31. The van der Waals surface area contributed by atoms with Gasteiger partial charge in [0.05, 0.1) is 18.9 Å². The molecule has 2 N–H and O–H groups in total. The van der Waals surface area contributed by atoms with Crippen molar-refractivity contribution in [2.24, 2.45) is 5.92 Å². The fourth-order valence-corrected chi connectivity index (χ4v) is 3.65. The van der Waals surface area contributed by atoms with Crippen molar-refractivity contribution < 1.29 is 24.2 Å². The molecular formula is C19H21ClN2O5. The lowest BCUT2D eigenvalue weighted by Crippen LogP contribution is -2.41. The minimum Gasteiger partial charge on any atom is -0.477 e. The molecule has 144 valence electrons. The lowest BCUT2D eigenvalue weighted by molar-refractivity contribution is -0.151. The minimum absolute atomic E-state index is 0.00188.